The summed E-state index contributed by atoms with van der Waals surface area (Å²) in [4.78, 5) is 15.4. The van der Waals surface area contributed by atoms with Crippen molar-refractivity contribution >= 4 is 22.5 Å². The minimum Gasteiger partial charge on any atom is -0.508 e. The number of phenols is 1. The van der Waals surface area contributed by atoms with Crippen molar-refractivity contribution in [3.63, 3.8) is 0 Å². The number of H-pyrrole nitrogens is 1. The monoisotopic (exact) mass is 307 g/mol. The van der Waals surface area contributed by atoms with Crippen LogP contribution in [0.25, 0.3) is 10.9 Å². The minimum absolute atomic E-state index is 0.201. The first-order valence-electron chi connectivity index (χ1n) is 7.41. The number of fused-ring (bicyclic) bond motifs is 1. The van der Waals surface area contributed by atoms with Crippen molar-refractivity contribution in [1.82, 2.24) is 10.4 Å². The zero-order valence-corrected chi connectivity index (χ0v) is 12.7. The third kappa shape index (κ3) is 3.08. The van der Waals surface area contributed by atoms with E-state index in [1.54, 1.807) is 30.5 Å². The van der Waals surface area contributed by atoms with E-state index in [1.165, 1.54) is 0 Å². The Morgan fingerprint density at radius 2 is 1.91 bits per heavy atom. The number of amides is 1. The van der Waals surface area contributed by atoms with Gasteiger partial charge in [-0.2, -0.15) is 5.10 Å². The Balaban J connectivity index is 1.82. The van der Waals surface area contributed by atoms with E-state index in [0.717, 1.165) is 22.2 Å². The number of hydrogen-bond donors (Lipinski definition) is 3. The number of carbonyl (C=O) groups is 1. The highest BCUT2D eigenvalue weighted by molar-refractivity contribution is 6.07. The summed E-state index contributed by atoms with van der Waals surface area (Å²) in [6, 6.07) is 14.4. The molecule has 3 rings (SSSR count). The van der Waals surface area contributed by atoms with Crippen LogP contribution in [-0.2, 0) is 0 Å². The third-order valence-corrected chi connectivity index (χ3v) is 3.66. The number of rotatable bonds is 4. The van der Waals surface area contributed by atoms with Crippen LogP contribution in [0.5, 0.6) is 5.75 Å². The van der Waals surface area contributed by atoms with Crippen LogP contribution in [0.2, 0.25) is 0 Å². The summed E-state index contributed by atoms with van der Waals surface area (Å²) in [5.41, 5.74) is 5.69. The summed E-state index contributed by atoms with van der Waals surface area (Å²) in [6.45, 7) is 1.96. The molecule has 1 amide bonds. The van der Waals surface area contributed by atoms with Gasteiger partial charge in [-0.15, -0.1) is 0 Å². The largest absolute Gasteiger partial charge is 0.508 e. The van der Waals surface area contributed by atoms with Crippen molar-refractivity contribution < 1.29 is 9.90 Å². The quantitative estimate of drug-likeness (QED) is 0.510. The van der Waals surface area contributed by atoms with Gasteiger partial charge in [0, 0.05) is 17.1 Å². The van der Waals surface area contributed by atoms with Crippen molar-refractivity contribution in [1.29, 1.82) is 0 Å². The molecule has 0 atom stereocenters. The van der Waals surface area contributed by atoms with Crippen LogP contribution in [-0.4, -0.2) is 21.7 Å². The number of phenolic OH excluding ortho intramolecular Hbond substituents is 1. The number of aromatic amines is 1. The highest BCUT2D eigenvalue weighted by Gasteiger charge is 2.11. The number of hydrogen-bond acceptors (Lipinski definition) is 3. The van der Waals surface area contributed by atoms with Gasteiger partial charge in [0.25, 0.3) is 5.91 Å². The zero-order valence-electron chi connectivity index (χ0n) is 12.7. The fourth-order valence-electron chi connectivity index (χ4n) is 2.44. The number of hydrazone groups is 1. The molecule has 2 aromatic carbocycles. The number of benzene rings is 2. The predicted molar refractivity (Wildman–Crippen MR) is 90.7 cm³/mol. The van der Waals surface area contributed by atoms with Gasteiger partial charge in [-0.1, -0.05) is 25.1 Å². The minimum atomic E-state index is -0.257. The Morgan fingerprint density at radius 3 is 2.65 bits per heavy atom. The van der Waals surface area contributed by atoms with E-state index in [4.69, 9.17) is 0 Å². The van der Waals surface area contributed by atoms with E-state index < -0.39 is 0 Å². The molecule has 0 saturated heterocycles. The molecule has 0 aliphatic rings. The maximum absolute atomic E-state index is 12.3. The summed E-state index contributed by atoms with van der Waals surface area (Å²) >= 11 is 0. The molecule has 1 aromatic heterocycles. The van der Waals surface area contributed by atoms with Gasteiger partial charge in [-0.05, 0) is 42.3 Å². The molecule has 3 aromatic rings. The van der Waals surface area contributed by atoms with Crippen LogP contribution in [0.1, 0.15) is 29.3 Å². The number of para-hydroxylation sites is 1. The van der Waals surface area contributed by atoms with Gasteiger partial charge in [0.2, 0.25) is 0 Å². The van der Waals surface area contributed by atoms with Gasteiger partial charge in [0.15, 0.2) is 0 Å². The molecular formula is C18H17N3O2. The van der Waals surface area contributed by atoms with Crippen LogP contribution >= 0.6 is 0 Å². The van der Waals surface area contributed by atoms with Gasteiger partial charge in [0.05, 0.1) is 11.3 Å². The SMILES string of the molecule is CCC(=NNC(=O)c1c[nH]c2ccccc12)c1ccc(O)cc1. The first kappa shape index (κ1) is 14.8. The van der Waals surface area contributed by atoms with Crippen molar-refractivity contribution in [3.05, 3.63) is 65.9 Å². The summed E-state index contributed by atoms with van der Waals surface area (Å²) in [5.74, 6) is -0.0563. The van der Waals surface area contributed by atoms with Crippen LogP contribution in [0, 0.1) is 0 Å². The van der Waals surface area contributed by atoms with Gasteiger partial charge >= 0.3 is 0 Å². The van der Waals surface area contributed by atoms with Crippen molar-refractivity contribution in [2.45, 2.75) is 13.3 Å². The molecule has 0 aliphatic carbocycles. The van der Waals surface area contributed by atoms with E-state index in [9.17, 15) is 9.90 Å². The molecular weight excluding hydrogens is 290 g/mol. The second-order valence-corrected chi connectivity index (χ2v) is 5.15. The zero-order chi connectivity index (χ0) is 16.2. The van der Waals surface area contributed by atoms with Crippen molar-refractivity contribution in [2.75, 3.05) is 0 Å². The maximum atomic E-state index is 12.3. The molecule has 0 saturated carbocycles. The van der Waals surface area contributed by atoms with Crippen LogP contribution in [0.15, 0.2) is 59.8 Å². The number of nitrogens with one attached hydrogen (secondary N) is 2. The smallest absolute Gasteiger partial charge is 0.273 e. The molecule has 0 unspecified atom stereocenters. The van der Waals surface area contributed by atoms with Crippen molar-refractivity contribution in [2.24, 2.45) is 5.10 Å². The number of nitrogens with zero attached hydrogens (tertiary/aromatic N) is 1. The Kier molecular flexibility index (Phi) is 4.10. The van der Waals surface area contributed by atoms with Gasteiger partial charge in [0.1, 0.15) is 5.75 Å². The topological polar surface area (TPSA) is 77.5 Å². The van der Waals surface area contributed by atoms with Crippen LogP contribution in [0.4, 0.5) is 0 Å². The average molecular weight is 307 g/mol. The van der Waals surface area contributed by atoms with E-state index in [0.29, 0.717) is 12.0 Å². The average Bonchev–Trinajstić information content (AvgIpc) is 3.01. The molecule has 0 fully saturated rings. The number of aromatic nitrogens is 1. The lowest BCUT2D eigenvalue weighted by molar-refractivity contribution is 0.0956. The number of carbonyl (C=O) groups excluding carboxylic acids is 1. The molecule has 0 radical (unpaired) electrons. The second kappa shape index (κ2) is 6.36. The normalized spacial score (nSPS) is 11.6. The lowest BCUT2D eigenvalue weighted by atomic mass is 10.1. The van der Waals surface area contributed by atoms with E-state index in [-0.39, 0.29) is 11.7 Å². The van der Waals surface area contributed by atoms with E-state index in [1.807, 2.05) is 31.2 Å². The molecule has 5 nitrogen and oxygen atoms in total. The summed E-state index contributed by atoms with van der Waals surface area (Å²) < 4.78 is 0. The molecule has 0 bridgehead atoms. The van der Waals surface area contributed by atoms with E-state index in [2.05, 4.69) is 15.5 Å². The molecule has 0 spiro atoms. The molecule has 116 valence electrons. The lowest BCUT2D eigenvalue weighted by Crippen LogP contribution is -2.19. The Morgan fingerprint density at radius 1 is 1.17 bits per heavy atom. The Hall–Kier alpha value is -3.08. The fourth-order valence-corrected chi connectivity index (χ4v) is 2.44. The summed E-state index contributed by atoms with van der Waals surface area (Å²) in [6.07, 6.45) is 2.35. The second-order valence-electron chi connectivity index (χ2n) is 5.15. The molecule has 5 heteroatoms. The highest BCUT2D eigenvalue weighted by Crippen LogP contribution is 2.17. The number of aromatic hydroxyl groups is 1. The maximum Gasteiger partial charge on any atom is 0.273 e. The first-order chi connectivity index (χ1) is 11.2. The van der Waals surface area contributed by atoms with Gasteiger partial charge in [-0.25, -0.2) is 5.43 Å². The van der Waals surface area contributed by atoms with Crippen LogP contribution in [0.3, 0.4) is 0 Å². The van der Waals surface area contributed by atoms with E-state index >= 15 is 0 Å². The van der Waals surface area contributed by atoms with Gasteiger partial charge in [-0.3, -0.25) is 4.79 Å². The standard InChI is InChI=1S/C18H17N3O2/c1-2-16(12-7-9-13(22)10-8-12)20-21-18(23)15-11-19-17-6-4-3-5-14(15)17/h3-11,19,22H,2H2,1H3,(H,21,23). The molecule has 3 N–H and O–H groups in total. The molecule has 23 heavy (non-hydrogen) atoms. The predicted octanol–water partition coefficient (Wildman–Crippen LogP) is 3.42. The highest BCUT2D eigenvalue weighted by atomic mass is 16.3. The molecule has 0 aliphatic heterocycles. The Labute approximate surface area is 133 Å². The van der Waals surface area contributed by atoms with Gasteiger partial charge < -0.3 is 10.1 Å². The molecule has 1 heterocycles. The lowest BCUT2D eigenvalue weighted by Gasteiger charge is -2.05. The summed E-state index contributed by atoms with van der Waals surface area (Å²) in [7, 11) is 0. The fraction of sp³-hybridized carbons (Fsp3) is 0.111. The van der Waals surface area contributed by atoms with Crippen molar-refractivity contribution in [3.8, 4) is 5.75 Å². The Bertz CT molecular complexity index is 863. The first-order valence-corrected chi connectivity index (χ1v) is 7.41. The summed E-state index contributed by atoms with van der Waals surface area (Å²) in [5, 5.41) is 14.4. The van der Waals surface area contributed by atoms with Crippen LogP contribution < -0.4 is 5.43 Å². The third-order valence-electron chi connectivity index (χ3n) is 3.66.